The monoisotopic (exact) mass is 379 g/mol. The summed E-state index contributed by atoms with van der Waals surface area (Å²) in [6.07, 6.45) is 3.91. The van der Waals surface area contributed by atoms with E-state index in [0.29, 0.717) is 22.5 Å². The molecule has 0 spiro atoms. The predicted molar refractivity (Wildman–Crippen MR) is 105 cm³/mol. The van der Waals surface area contributed by atoms with Crippen molar-refractivity contribution < 1.29 is 14.6 Å². The highest BCUT2D eigenvalue weighted by Crippen LogP contribution is 2.31. The highest BCUT2D eigenvalue weighted by Gasteiger charge is 2.28. The number of aliphatic hydroxyl groups is 1. The van der Waals surface area contributed by atoms with Crippen molar-refractivity contribution in [1.29, 1.82) is 5.26 Å². The Balaban J connectivity index is 1.49. The minimum atomic E-state index is -1.05. The molecule has 2 aliphatic rings. The Morgan fingerprint density at radius 2 is 2.07 bits per heavy atom. The van der Waals surface area contributed by atoms with Gasteiger partial charge in [0.05, 0.1) is 24.8 Å². The standard InChI is InChI=1S/C20H21N5O3/c21-6-8-25-7-5-17-18(20(25)27)16(13-22-17)19(26)23-14-1-3-15(4-2-14)24-9-11-28-12-10-24/h1-5,7,13,20,22,27H,8-12H2,(H,23,26). The molecule has 0 radical (unpaired) electrons. The number of aromatic amines is 1. The number of aromatic nitrogens is 1. The van der Waals surface area contributed by atoms with Gasteiger partial charge in [-0.1, -0.05) is 0 Å². The van der Waals surface area contributed by atoms with Gasteiger partial charge in [-0.2, -0.15) is 5.26 Å². The minimum absolute atomic E-state index is 0.0341. The predicted octanol–water partition coefficient (Wildman–Crippen LogP) is 1.90. The van der Waals surface area contributed by atoms with Gasteiger partial charge in [0.15, 0.2) is 6.23 Å². The lowest BCUT2D eigenvalue weighted by atomic mass is 10.0. The molecule has 1 aromatic heterocycles. The molecule has 0 aliphatic carbocycles. The SMILES string of the molecule is N#CCN1C=Cc2[nH]cc(C(=O)Nc3ccc(N4CCOCC4)cc3)c2C1O. The molecule has 1 fully saturated rings. The third-order valence-corrected chi connectivity index (χ3v) is 4.96. The van der Waals surface area contributed by atoms with Gasteiger partial charge in [0.1, 0.15) is 6.54 Å². The average Bonchev–Trinajstić information content (AvgIpc) is 3.17. The van der Waals surface area contributed by atoms with Crippen LogP contribution in [0.2, 0.25) is 0 Å². The van der Waals surface area contributed by atoms with Crippen LogP contribution in [0.15, 0.2) is 36.7 Å². The molecule has 2 aromatic rings. The summed E-state index contributed by atoms with van der Waals surface area (Å²) in [6, 6.07) is 9.67. The van der Waals surface area contributed by atoms with Gasteiger partial charge in [0.2, 0.25) is 0 Å². The Labute approximate surface area is 162 Å². The van der Waals surface area contributed by atoms with Gasteiger partial charge in [0.25, 0.3) is 5.91 Å². The van der Waals surface area contributed by atoms with E-state index in [0.717, 1.165) is 32.0 Å². The van der Waals surface area contributed by atoms with Crippen LogP contribution < -0.4 is 10.2 Å². The number of aliphatic hydroxyl groups excluding tert-OH is 1. The van der Waals surface area contributed by atoms with Crippen molar-refractivity contribution in [2.45, 2.75) is 6.23 Å². The second-order valence-corrected chi connectivity index (χ2v) is 6.65. The molecular weight excluding hydrogens is 358 g/mol. The molecule has 0 saturated carbocycles. The number of carbonyl (C=O) groups is 1. The second-order valence-electron chi connectivity index (χ2n) is 6.65. The molecule has 1 saturated heterocycles. The van der Waals surface area contributed by atoms with Gasteiger partial charge in [-0.05, 0) is 30.3 Å². The first-order valence-corrected chi connectivity index (χ1v) is 9.11. The number of ether oxygens (including phenoxy) is 1. The number of H-pyrrole nitrogens is 1. The van der Waals surface area contributed by atoms with Gasteiger partial charge in [-0.15, -0.1) is 0 Å². The molecule has 144 valence electrons. The molecule has 8 nitrogen and oxygen atoms in total. The summed E-state index contributed by atoms with van der Waals surface area (Å²) in [6.45, 7) is 3.18. The zero-order chi connectivity index (χ0) is 19.5. The fraction of sp³-hybridized carbons (Fsp3) is 0.300. The van der Waals surface area contributed by atoms with E-state index in [2.05, 4.69) is 15.2 Å². The van der Waals surface area contributed by atoms with Crippen LogP contribution in [0.5, 0.6) is 0 Å². The van der Waals surface area contributed by atoms with E-state index in [9.17, 15) is 9.90 Å². The van der Waals surface area contributed by atoms with Crippen molar-refractivity contribution >= 4 is 23.4 Å². The molecule has 8 heteroatoms. The number of rotatable bonds is 4. The number of nitrogens with zero attached hydrogens (tertiary/aromatic N) is 3. The molecule has 3 heterocycles. The summed E-state index contributed by atoms with van der Waals surface area (Å²) in [5.74, 6) is -0.317. The van der Waals surface area contributed by atoms with Gasteiger partial charge >= 0.3 is 0 Å². The first-order valence-electron chi connectivity index (χ1n) is 9.11. The molecule has 1 atom stereocenters. The molecule has 0 bridgehead atoms. The third-order valence-electron chi connectivity index (χ3n) is 4.96. The summed E-state index contributed by atoms with van der Waals surface area (Å²) >= 11 is 0. The zero-order valence-electron chi connectivity index (χ0n) is 15.3. The second kappa shape index (κ2) is 7.76. The maximum Gasteiger partial charge on any atom is 0.257 e. The smallest absolute Gasteiger partial charge is 0.257 e. The molecule has 1 unspecified atom stereocenters. The number of nitrogens with one attached hydrogen (secondary N) is 2. The van der Waals surface area contributed by atoms with Crippen molar-refractivity contribution in [2.24, 2.45) is 0 Å². The van der Waals surface area contributed by atoms with Gasteiger partial charge in [0, 0.05) is 48.1 Å². The summed E-state index contributed by atoms with van der Waals surface area (Å²) in [4.78, 5) is 19.5. The number of benzene rings is 1. The third kappa shape index (κ3) is 3.45. The number of hydrogen-bond donors (Lipinski definition) is 3. The Bertz CT molecular complexity index is 922. The molecular formula is C20H21N5O3. The molecule has 3 N–H and O–H groups in total. The van der Waals surface area contributed by atoms with Crippen LogP contribution in [-0.4, -0.2) is 53.7 Å². The maximum absolute atomic E-state index is 12.8. The van der Waals surface area contributed by atoms with Crippen molar-refractivity contribution in [3.8, 4) is 6.07 Å². The van der Waals surface area contributed by atoms with Crippen molar-refractivity contribution in [3.05, 3.63) is 53.5 Å². The average molecular weight is 379 g/mol. The number of nitriles is 1. The lowest BCUT2D eigenvalue weighted by Crippen LogP contribution is -2.36. The molecule has 1 amide bonds. The molecule has 1 aromatic carbocycles. The van der Waals surface area contributed by atoms with E-state index in [1.165, 1.54) is 4.90 Å². The van der Waals surface area contributed by atoms with E-state index in [1.54, 1.807) is 18.5 Å². The lowest BCUT2D eigenvalue weighted by Gasteiger charge is -2.29. The molecule has 2 aliphatic heterocycles. The number of amides is 1. The number of hydrogen-bond acceptors (Lipinski definition) is 6. The highest BCUT2D eigenvalue weighted by atomic mass is 16.5. The lowest BCUT2D eigenvalue weighted by molar-refractivity contribution is 0.0428. The Morgan fingerprint density at radius 1 is 1.32 bits per heavy atom. The summed E-state index contributed by atoms with van der Waals surface area (Å²) < 4.78 is 5.37. The number of morpholine rings is 1. The summed E-state index contributed by atoms with van der Waals surface area (Å²) in [5.41, 5.74) is 3.25. The van der Waals surface area contributed by atoms with Gasteiger partial charge in [-0.3, -0.25) is 4.79 Å². The fourth-order valence-corrected chi connectivity index (χ4v) is 3.47. The highest BCUT2D eigenvalue weighted by molar-refractivity contribution is 6.06. The van der Waals surface area contributed by atoms with Crippen molar-refractivity contribution in [1.82, 2.24) is 9.88 Å². The van der Waals surface area contributed by atoms with E-state index in [1.807, 2.05) is 30.3 Å². The van der Waals surface area contributed by atoms with E-state index < -0.39 is 6.23 Å². The number of carbonyl (C=O) groups excluding carboxylic acids is 1. The largest absolute Gasteiger partial charge is 0.378 e. The van der Waals surface area contributed by atoms with Crippen LogP contribution in [0.4, 0.5) is 11.4 Å². The van der Waals surface area contributed by atoms with Gasteiger partial charge in [-0.25, -0.2) is 0 Å². The van der Waals surface area contributed by atoms with Crippen LogP contribution >= 0.6 is 0 Å². The van der Waals surface area contributed by atoms with E-state index in [4.69, 9.17) is 10.00 Å². The van der Waals surface area contributed by atoms with Crippen LogP contribution in [0.1, 0.15) is 27.8 Å². The number of anilines is 2. The summed E-state index contributed by atoms with van der Waals surface area (Å²) in [5, 5.41) is 22.3. The zero-order valence-corrected chi connectivity index (χ0v) is 15.3. The Kier molecular flexibility index (Phi) is 5.02. The fourth-order valence-electron chi connectivity index (χ4n) is 3.47. The number of fused-ring (bicyclic) bond motifs is 1. The summed E-state index contributed by atoms with van der Waals surface area (Å²) in [7, 11) is 0. The van der Waals surface area contributed by atoms with Crippen LogP contribution in [0.25, 0.3) is 6.08 Å². The van der Waals surface area contributed by atoms with Crippen LogP contribution in [-0.2, 0) is 4.74 Å². The maximum atomic E-state index is 12.8. The Hall–Kier alpha value is -3.28. The first-order chi connectivity index (χ1) is 13.7. The van der Waals surface area contributed by atoms with Gasteiger partial charge < -0.3 is 29.9 Å². The Morgan fingerprint density at radius 3 is 2.79 bits per heavy atom. The first kappa shape index (κ1) is 18.1. The minimum Gasteiger partial charge on any atom is -0.378 e. The normalized spacial score (nSPS) is 18.5. The van der Waals surface area contributed by atoms with Crippen LogP contribution in [0, 0.1) is 11.3 Å². The molecule has 28 heavy (non-hydrogen) atoms. The van der Waals surface area contributed by atoms with Crippen molar-refractivity contribution in [3.63, 3.8) is 0 Å². The quantitative estimate of drug-likeness (QED) is 0.701. The topological polar surface area (TPSA) is 105 Å². The molecule has 4 rings (SSSR count). The van der Waals surface area contributed by atoms with Crippen molar-refractivity contribution in [2.75, 3.05) is 43.1 Å². The van der Waals surface area contributed by atoms with E-state index in [-0.39, 0.29) is 12.5 Å². The van der Waals surface area contributed by atoms with Crippen LogP contribution in [0.3, 0.4) is 0 Å². The van der Waals surface area contributed by atoms with E-state index >= 15 is 0 Å².